The third-order valence-electron chi connectivity index (χ3n) is 11.9. The highest BCUT2D eigenvalue weighted by Gasteiger charge is 2.53. The highest BCUT2D eigenvalue weighted by Crippen LogP contribution is 2.45. The highest BCUT2D eigenvalue weighted by atomic mass is 32.2. The number of hydrogen-bond donors (Lipinski definition) is 2. The molecule has 0 radical (unpaired) electrons. The van der Waals surface area contributed by atoms with Gasteiger partial charge in [-0.2, -0.15) is 0 Å². The highest BCUT2D eigenvalue weighted by molar-refractivity contribution is 8.04. The van der Waals surface area contributed by atoms with Crippen LogP contribution in [0.1, 0.15) is 96.6 Å². The summed E-state index contributed by atoms with van der Waals surface area (Å²) in [5.74, 6) is -1.62. The third-order valence-corrected chi connectivity index (χ3v) is 13.3. The van der Waals surface area contributed by atoms with Crippen molar-refractivity contribution in [3.8, 4) is 5.75 Å². The summed E-state index contributed by atoms with van der Waals surface area (Å²) in [5.41, 5.74) is 1.88. The number of nitrogens with one attached hydrogen (secondary N) is 2. The van der Waals surface area contributed by atoms with Crippen molar-refractivity contribution >= 4 is 35.7 Å². The topological polar surface area (TPSA) is 175 Å². The Labute approximate surface area is 463 Å². The van der Waals surface area contributed by atoms with Crippen LogP contribution >= 0.6 is 11.8 Å². The zero-order chi connectivity index (χ0) is 55.9. The van der Waals surface area contributed by atoms with Crippen molar-refractivity contribution in [1.82, 2.24) is 10.6 Å². The van der Waals surface area contributed by atoms with Gasteiger partial charge in [0.2, 0.25) is 6.29 Å². The van der Waals surface area contributed by atoms with Crippen molar-refractivity contribution in [1.29, 1.82) is 0 Å². The molecule has 2 aliphatic heterocycles. The number of rotatable bonds is 22. The Balaban J connectivity index is 1.30. The average molecular weight is 1090 g/mol. The third kappa shape index (κ3) is 18.8. The van der Waals surface area contributed by atoms with Crippen LogP contribution in [0.5, 0.6) is 5.75 Å². The molecule has 416 valence electrons. The van der Waals surface area contributed by atoms with E-state index < -0.39 is 89.1 Å². The Morgan fingerprint density at radius 3 is 1.56 bits per heavy atom. The molecule has 2 aliphatic rings. The lowest BCUT2D eigenvalue weighted by molar-refractivity contribution is -0.267. The molecule has 5 aromatic rings. The number of carbonyl (C=O) groups is 4. The molecule has 0 bridgehead atoms. The van der Waals surface area contributed by atoms with Gasteiger partial charge >= 0.3 is 18.0 Å². The number of fused-ring (bicyclic) bond motifs is 1. The molecule has 7 rings (SSSR count). The Morgan fingerprint density at radius 2 is 1.04 bits per heavy atom. The summed E-state index contributed by atoms with van der Waals surface area (Å²) >= 11 is 1.10. The molecular formula is C62H74N2O13S. The Hall–Kier alpha value is -6.69. The van der Waals surface area contributed by atoms with E-state index in [1.807, 2.05) is 154 Å². The maximum absolute atomic E-state index is 15.4. The molecule has 2 N–H and O–H groups in total. The second-order valence-electron chi connectivity index (χ2n) is 22.1. The lowest BCUT2D eigenvalue weighted by Gasteiger charge is -2.48. The minimum absolute atomic E-state index is 0.0110. The van der Waals surface area contributed by atoms with E-state index in [9.17, 15) is 14.4 Å². The summed E-state index contributed by atoms with van der Waals surface area (Å²) in [6.07, 6.45) is -4.81. The molecule has 5 aromatic carbocycles. The van der Waals surface area contributed by atoms with Crippen molar-refractivity contribution < 1.29 is 61.8 Å². The molecule has 0 spiro atoms. The van der Waals surface area contributed by atoms with Crippen molar-refractivity contribution in [2.45, 2.75) is 160 Å². The molecule has 0 saturated carbocycles. The summed E-state index contributed by atoms with van der Waals surface area (Å²) in [5, 5.41) is 4.85. The minimum atomic E-state index is -1.45. The van der Waals surface area contributed by atoms with Crippen LogP contribution < -0.4 is 15.4 Å². The average Bonchev–Trinajstić information content (AvgIpc) is 3.45. The van der Waals surface area contributed by atoms with Gasteiger partial charge in [0.25, 0.3) is 5.91 Å². The molecule has 0 aromatic heterocycles. The minimum Gasteiger partial charge on any atom is -0.488 e. The summed E-state index contributed by atoms with van der Waals surface area (Å²) in [7, 11) is 0. The van der Waals surface area contributed by atoms with E-state index in [0.29, 0.717) is 16.9 Å². The normalized spacial score (nSPS) is 19.3. The number of thioether (sulfide) groups is 1. The molecule has 2 heterocycles. The van der Waals surface area contributed by atoms with Crippen LogP contribution in [-0.4, -0.2) is 89.3 Å². The van der Waals surface area contributed by atoms with Crippen LogP contribution in [0.15, 0.2) is 156 Å². The molecule has 78 heavy (non-hydrogen) atoms. The maximum atomic E-state index is 15.4. The quantitative estimate of drug-likeness (QED) is 0.0495. The molecule has 7 atom stereocenters. The van der Waals surface area contributed by atoms with E-state index in [2.05, 4.69) is 10.6 Å². The van der Waals surface area contributed by atoms with E-state index in [1.165, 1.54) is 0 Å². The lowest BCUT2D eigenvalue weighted by Crippen LogP contribution is -2.61. The van der Waals surface area contributed by atoms with Crippen LogP contribution in [0.3, 0.4) is 0 Å². The fourth-order valence-corrected chi connectivity index (χ4v) is 9.77. The summed E-state index contributed by atoms with van der Waals surface area (Å²) in [6, 6.07) is 42.8. The Kier molecular flexibility index (Phi) is 20.6. The second kappa shape index (κ2) is 27.3. The molecule has 2 amide bonds. The Morgan fingerprint density at radius 1 is 0.538 bits per heavy atom. The van der Waals surface area contributed by atoms with Gasteiger partial charge in [0.15, 0.2) is 0 Å². The number of ether oxygens (including phenoxy) is 9. The first-order valence-corrected chi connectivity index (χ1v) is 27.2. The zero-order valence-corrected chi connectivity index (χ0v) is 46.9. The van der Waals surface area contributed by atoms with Gasteiger partial charge in [0.05, 0.1) is 26.4 Å². The van der Waals surface area contributed by atoms with Gasteiger partial charge < -0.3 is 53.3 Å². The van der Waals surface area contributed by atoms with Crippen LogP contribution in [0, 0.1) is 0 Å². The van der Waals surface area contributed by atoms with Crippen molar-refractivity contribution in [2.75, 3.05) is 6.61 Å². The second-order valence-corrected chi connectivity index (χ2v) is 23.3. The van der Waals surface area contributed by atoms with E-state index in [1.54, 1.807) is 53.7 Å². The summed E-state index contributed by atoms with van der Waals surface area (Å²) in [6.45, 7) is 16.8. The first-order valence-electron chi connectivity index (χ1n) is 26.3. The van der Waals surface area contributed by atoms with Crippen LogP contribution in [-0.2, 0) is 85.1 Å². The number of amides is 2. The largest absolute Gasteiger partial charge is 0.488 e. The van der Waals surface area contributed by atoms with Crippen molar-refractivity contribution in [2.24, 2.45) is 0 Å². The first kappa shape index (κ1) is 59.0. The molecule has 1 saturated heterocycles. The summed E-state index contributed by atoms with van der Waals surface area (Å²) in [4.78, 5) is 57.5. The molecule has 1 unspecified atom stereocenters. The van der Waals surface area contributed by atoms with E-state index in [-0.39, 0.29) is 50.1 Å². The monoisotopic (exact) mass is 1090 g/mol. The molecule has 15 nitrogen and oxygen atoms in total. The zero-order valence-electron chi connectivity index (χ0n) is 46.1. The first-order chi connectivity index (χ1) is 37.1. The van der Waals surface area contributed by atoms with Gasteiger partial charge in [0, 0.05) is 12.8 Å². The van der Waals surface area contributed by atoms with E-state index in [0.717, 1.165) is 28.5 Å². The molecule has 0 aliphatic carbocycles. The number of esters is 2. The van der Waals surface area contributed by atoms with Gasteiger partial charge in [-0.15, -0.1) is 11.8 Å². The van der Waals surface area contributed by atoms with Gasteiger partial charge in [-0.05, 0) is 102 Å². The predicted molar refractivity (Wildman–Crippen MR) is 297 cm³/mol. The molecule has 16 heteroatoms. The SMILES string of the molecule is CC(C)(C)OC(=O)N[C@@H](CC1=C(C(=O)NC(Cc2ccc(OC(C)(C)C)cc2)C(=O)OC(C)(C)C)S[C@H]2[C@@H](O1)O[C@H](COCc1ccccc1)[C@@H](OCc1ccccc1)[C@@H]2OCc1ccccc1)C(=O)OCc1ccccc1. The standard InChI is InChI=1S/C62H74N2O13S/c1-60(2,3)75-46-32-30-41(31-33-46)34-47(57(67)76-61(4,5)6)63-55(65)53-49(35-48(64-59(68)77-62(7,8)9)56(66)72-39-45-28-20-13-21-29-45)73-58-54(78-53)52(71-38-44-26-18-12-19-27-44)51(70-37-43-24-16-11-17-25-43)50(74-58)40-69-36-42-22-14-10-15-23-42/h10-33,47-48,50-52,54,58H,34-40H2,1-9H3,(H,63,65)(H,64,68)/t47?,48-,50+,51+,52-,54+,58-/m0/s1. The number of alkyl carbamates (subject to hydrolysis) is 1. The van der Waals surface area contributed by atoms with Crippen molar-refractivity contribution in [3.05, 3.63) is 184 Å². The van der Waals surface area contributed by atoms with Crippen LogP contribution in [0.4, 0.5) is 4.79 Å². The summed E-state index contributed by atoms with van der Waals surface area (Å²) < 4.78 is 57.4. The van der Waals surface area contributed by atoms with Crippen molar-refractivity contribution in [3.63, 3.8) is 0 Å². The fraction of sp³-hybridized carbons (Fsp3) is 0.419. The van der Waals surface area contributed by atoms with Crippen LogP contribution in [0.25, 0.3) is 0 Å². The smallest absolute Gasteiger partial charge is 0.408 e. The molecule has 1 fully saturated rings. The predicted octanol–water partition coefficient (Wildman–Crippen LogP) is 10.7. The molecular weight excluding hydrogens is 1010 g/mol. The van der Waals surface area contributed by atoms with Gasteiger partial charge in [0.1, 0.15) is 75.5 Å². The van der Waals surface area contributed by atoms with E-state index in [4.69, 9.17) is 42.6 Å². The fourth-order valence-electron chi connectivity index (χ4n) is 8.47. The Bertz CT molecular complexity index is 2740. The van der Waals surface area contributed by atoms with Gasteiger partial charge in [-0.1, -0.05) is 133 Å². The van der Waals surface area contributed by atoms with Crippen LogP contribution in [0.2, 0.25) is 0 Å². The number of benzene rings is 5. The lowest BCUT2D eigenvalue weighted by atomic mass is 9.99. The van der Waals surface area contributed by atoms with E-state index >= 15 is 4.79 Å². The maximum Gasteiger partial charge on any atom is 0.408 e. The number of carbonyl (C=O) groups excluding carboxylic acids is 4. The van der Waals surface area contributed by atoms with Gasteiger partial charge in [-0.25, -0.2) is 14.4 Å². The van der Waals surface area contributed by atoms with Gasteiger partial charge in [-0.3, -0.25) is 4.79 Å². The number of hydrogen-bond acceptors (Lipinski definition) is 14.